The van der Waals surface area contributed by atoms with Crippen molar-refractivity contribution in [2.75, 3.05) is 39.3 Å². The van der Waals surface area contributed by atoms with Gasteiger partial charge in [-0.05, 0) is 19.1 Å². The Hall–Kier alpha value is -2.41. The molecular weight excluding hydrogens is 306 g/mol. The van der Waals surface area contributed by atoms with Gasteiger partial charge in [0.2, 0.25) is 11.8 Å². The molecule has 1 aliphatic heterocycles. The first-order valence-corrected chi connectivity index (χ1v) is 8.35. The van der Waals surface area contributed by atoms with E-state index in [1.165, 1.54) is 0 Å². The quantitative estimate of drug-likeness (QED) is 0.848. The third-order valence-electron chi connectivity index (χ3n) is 4.21. The minimum absolute atomic E-state index is 0.0435. The molecule has 0 spiro atoms. The van der Waals surface area contributed by atoms with Crippen LogP contribution in [0.3, 0.4) is 0 Å². The zero-order valence-corrected chi connectivity index (χ0v) is 13.9. The van der Waals surface area contributed by atoms with Crippen LogP contribution in [0.2, 0.25) is 0 Å². The summed E-state index contributed by atoms with van der Waals surface area (Å²) in [5.41, 5.74) is 1.64. The largest absolute Gasteiger partial charge is 0.355 e. The lowest BCUT2D eigenvalue weighted by molar-refractivity contribution is -0.132. The van der Waals surface area contributed by atoms with Crippen LogP contribution in [-0.4, -0.2) is 70.3 Å². The maximum atomic E-state index is 12.5. The van der Waals surface area contributed by atoms with Crippen molar-refractivity contribution in [1.82, 2.24) is 24.5 Å². The van der Waals surface area contributed by atoms with Gasteiger partial charge in [-0.3, -0.25) is 14.5 Å². The second-order valence-corrected chi connectivity index (χ2v) is 5.99. The molecule has 7 heteroatoms. The molecule has 1 fully saturated rings. The first-order chi connectivity index (χ1) is 11.7. The number of piperazine rings is 1. The second-order valence-electron chi connectivity index (χ2n) is 5.99. The van der Waals surface area contributed by atoms with Crippen molar-refractivity contribution in [3.63, 3.8) is 0 Å². The molecular formula is C17H23N5O2. The standard InChI is InChI=1S/C17H23N5O2/c1-2-18-16(23)13-20-7-9-21(10-8-20)17(24)11-14-12-22-6-4-3-5-15(22)19-14/h3-6,12H,2,7-11,13H2,1H3,(H,18,23). The number of carbonyl (C=O) groups is 2. The average Bonchev–Trinajstić information content (AvgIpc) is 2.97. The van der Waals surface area contributed by atoms with E-state index < -0.39 is 0 Å². The second kappa shape index (κ2) is 7.44. The molecule has 0 atom stereocenters. The first-order valence-electron chi connectivity index (χ1n) is 8.35. The van der Waals surface area contributed by atoms with Gasteiger partial charge >= 0.3 is 0 Å². The lowest BCUT2D eigenvalue weighted by Crippen LogP contribution is -2.51. The molecule has 0 radical (unpaired) electrons. The van der Waals surface area contributed by atoms with E-state index in [9.17, 15) is 9.59 Å². The van der Waals surface area contributed by atoms with Gasteiger partial charge in [-0.2, -0.15) is 0 Å². The predicted octanol–water partition coefficient (Wildman–Crippen LogP) is 0.157. The highest BCUT2D eigenvalue weighted by molar-refractivity contribution is 5.79. The van der Waals surface area contributed by atoms with E-state index >= 15 is 0 Å². The monoisotopic (exact) mass is 329 g/mol. The number of nitrogens with zero attached hydrogens (tertiary/aromatic N) is 4. The van der Waals surface area contributed by atoms with Crippen LogP contribution in [0, 0.1) is 0 Å². The zero-order valence-electron chi connectivity index (χ0n) is 13.9. The highest BCUT2D eigenvalue weighted by Crippen LogP contribution is 2.08. The molecule has 3 heterocycles. The number of aromatic nitrogens is 2. The number of pyridine rings is 1. The summed E-state index contributed by atoms with van der Waals surface area (Å²) in [5, 5.41) is 2.80. The highest BCUT2D eigenvalue weighted by Gasteiger charge is 2.22. The Morgan fingerprint density at radius 2 is 2.00 bits per heavy atom. The van der Waals surface area contributed by atoms with Crippen LogP contribution in [0.25, 0.3) is 5.65 Å². The van der Waals surface area contributed by atoms with E-state index in [1.54, 1.807) is 0 Å². The van der Waals surface area contributed by atoms with Gasteiger partial charge < -0.3 is 14.6 Å². The Balaban J connectivity index is 1.51. The minimum Gasteiger partial charge on any atom is -0.355 e. The normalized spacial score (nSPS) is 15.6. The number of hydrogen-bond acceptors (Lipinski definition) is 4. The molecule has 2 aromatic rings. The van der Waals surface area contributed by atoms with Gasteiger partial charge in [-0.15, -0.1) is 0 Å². The molecule has 0 aliphatic carbocycles. The van der Waals surface area contributed by atoms with Crippen molar-refractivity contribution < 1.29 is 9.59 Å². The maximum Gasteiger partial charge on any atom is 0.234 e. The van der Waals surface area contributed by atoms with Gasteiger partial charge in [0.05, 0.1) is 18.7 Å². The number of carbonyl (C=O) groups excluding carboxylic acids is 2. The summed E-state index contributed by atoms with van der Waals surface area (Å²) >= 11 is 0. The van der Waals surface area contributed by atoms with Gasteiger partial charge in [-0.25, -0.2) is 4.98 Å². The molecule has 7 nitrogen and oxygen atoms in total. The molecule has 0 aromatic carbocycles. The first kappa shape index (κ1) is 16.4. The minimum atomic E-state index is 0.0435. The predicted molar refractivity (Wildman–Crippen MR) is 90.6 cm³/mol. The van der Waals surface area contributed by atoms with Crippen molar-refractivity contribution >= 4 is 17.5 Å². The van der Waals surface area contributed by atoms with E-state index in [2.05, 4.69) is 15.2 Å². The maximum absolute atomic E-state index is 12.5. The Morgan fingerprint density at radius 1 is 1.21 bits per heavy atom. The zero-order chi connectivity index (χ0) is 16.9. The van der Waals surface area contributed by atoms with E-state index in [1.807, 2.05) is 46.8 Å². The fraction of sp³-hybridized carbons (Fsp3) is 0.471. The Kier molecular flexibility index (Phi) is 5.10. The number of rotatable bonds is 5. The number of amides is 2. The third-order valence-corrected chi connectivity index (χ3v) is 4.21. The number of likely N-dealkylation sites (N-methyl/N-ethyl adjacent to an activating group) is 1. The average molecular weight is 329 g/mol. The summed E-state index contributed by atoms with van der Waals surface area (Å²) in [5.74, 6) is 0.137. The summed E-state index contributed by atoms with van der Waals surface area (Å²) in [6.45, 7) is 5.74. The van der Waals surface area contributed by atoms with E-state index in [0.29, 0.717) is 32.6 Å². The molecule has 0 saturated carbocycles. The van der Waals surface area contributed by atoms with Crippen molar-refractivity contribution in [3.05, 3.63) is 36.3 Å². The van der Waals surface area contributed by atoms with Gasteiger partial charge in [0.1, 0.15) is 5.65 Å². The smallest absolute Gasteiger partial charge is 0.234 e. The fourth-order valence-corrected chi connectivity index (χ4v) is 2.95. The topological polar surface area (TPSA) is 70.0 Å². The van der Waals surface area contributed by atoms with E-state index in [4.69, 9.17) is 0 Å². The molecule has 1 aliphatic rings. The summed E-state index contributed by atoms with van der Waals surface area (Å²) in [4.78, 5) is 32.5. The summed E-state index contributed by atoms with van der Waals surface area (Å²) in [6.07, 6.45) is 4.15. The van der Waals surface area contributed by atoms with Crippen LogP contribution in [-0.2, 0) is 16.0 Å². The van der Waals surface area contributed by atoms with Gasteiger partial charge in [0.15, 0.2) is 0 Å². The van der Waals surface area contributed by atoms with Crippen LogP contribution in [0.1, 0.15) is 12.6 Å². The van der Waals surface area contributed by atoms with Crippen molar-refractivity contribution in [3.8, 4) is 0 Å². The van der Waals surface area contributed by atoms with Crippen molar-refractivity contribution in [2.24, 2.45) is 0 Å². The molecule has 2 amide bonds. The molecule has 1 saturated heterocycles. The number of imidazole rings is 1. The van der Waals surface area contributed by atoms with Gasteiger partial charge in [0, 0.05) is 45.1 Å². The van der Waals surface area contributed by atoms with E-state index in [0.717, 1.165) is 24.4 Å². The summed E-state index contributed by atoms with van der Waals surface area (Å²) in [7, 11) is 0. The van der Waals surface area contributed by atoms with Crippen LogP contribution in [0.15, 0.2) is 30.6 Å². The molecule has 1 N–H and O–H groups in total. The SMILES string of the molecule is CCNC(=O)CN1CCN(C(=O)Cc2cn3ccccc3n2)CC1. The highest BCUT2D eigenvalue weighted by atomic mass is 16.2. The lowest BCUT2D eigenvalue weighted by Gasteiger charge is -2.34. The number of hydrogen-bond donors (Lipinski definition) is 1. The van der Waals surface area contributed by atoms with E-state index in [-0.39, 0.29) is 11.8 Å². The van der Waals surface area contributed by atoms with Gasteiger partial charge in [0.25, 0.3) is 0 Å². The number of nitrogens with one attached hydrogen (secondary N) is 1. The molecule has 3 rings (SSSR count). The Morgan fingerprint density at radius 3 is 2.71 bits per heavy atom. The Bertz CT molecular complexity index is 686. The molecule has 0 unspecified atom stereocenters. The van der Waals surface area contributed by atoms with Crippen molar-refractivity contribution in [1.29, 1.82) is 0 Å². The lowest BCUT2D eigenvalue weighted by atomic mass is 10.2. The van der Waals surface area contributed by atoms with Gasteiger partial charge in [-0.1, -0.05) is 6.07 Å². The summed E-state index contributed by atoms with van der Waals surface area (Å²) in [6, 6.07) is 5.80. The third kappa shape index (κ3) is 3.91. The Labute approximate surface area is 141 Å². The van der Waals surface area contributed by atoms with Crippen molar-refractivity contribution in [2.45, 2.75) is 13.3 Å². The summed E-state index contributed by atoms with van der Waals surface area (Å²) < 4.78 is 1.92. The number of fused-ring (bicyclic) bond motifs is 1. The molecule has 2 aromatic heterocycles. The fourth-order valence-electron chi connectivity index (χ4n) is 2.95. The van der Waals surface area contributed by atoms with Crippen LogP contribution < -0.4 is 5.32 Å². The molecule has 24 heavy (non-hydrogen) atoms. The van der Waals surface area contributed by atoms with Crippen LogP contribution in [0.5, 0.6) is 0 Å². The van der Waals surface area contributed by atoms with Crippen LogP contribution >= 0.6 is 0 Å². The van der Waals surface area contributed by atoms with Crippen LogP contribution in [0.4, 0.5) is 0 Å². The molecule has 128 valence electrons. The molecule has 0 bridgehead atoms.